The second-order valence-corrected chi connectivity index (χ2v) is 6.20. The number of rotatable bonds is 2. The molecule has 0 spiro atoms. The zero-order valence-electron chi connectivity index (χ0n) is 13.8. The third-order valence-electron chi connectivity index (χ3n) is 4.58. The van der Waals surface area contributed by atoms with E-state index in [2.05, 4.69) is 29.3 Å². The Morgan fingerprint density at radius 3 is 2.84 bits per heavy atom. The monoisotopic (exact) mass is 328 g/mol. The Morgan fingerprint density at radius 2 is 2.04 bits per heavy atom. The molecule has 0 aliphatic carbocycles. The van der Waals surface area contributed by atoms with Gasteiger partial charge in [-0.2, -0.15) is 10.4 Å². The quantitative estimate of drug-likeness (QED) is 0.783. The van der Waals surface area contributed by atoms with Crippen molar-refractivity contribution in [3.8, 4) is 17.3 Å². The summed E-state index contributed by atoms with van der Waals surface area (Å²) in [4.78, 5) is 14.6. The Kier molecular flexibility index (Phi) is 3.58. The smallest absolute Gasteiger partial charge is 0.254 e. The van der Waals surface area contributed by atoms with Crippen LogP contribution in [0.3, 0.4) is 0 Å². The van der Waals surface area contributed by atoms with Crippen LogP contribution < -0.4 is 0 Å². The summed E-state index contributed by atoms with van der Waals surface area (Å²) in [6, 6.07) is 17.0. The second kappa shape index (κ2) is 5.91. The van der Waals surface area contributed by atoms with E-state index in [1.807, 2.05) is 18.2 Å². The third-order valence-corrected chi connectivity index (χ3v) is 4.58. The number of fused-ring (bicyclic) bond motifs is 1. The summed E-state index contributed by atoms with van der Waals surface area (Å²) >= 11 is 0. The molecule has 1 aliphatic rings. The molecular formula is C20H16N4O. The number of amides is 1. The molecule has 0 fully saturated rings. The molecule has 1 aromatic heterocycles. The molecule has 2 heterocycles. The topological polar surface area (TPSA) is 72.8 Å². The predicted octanol–water partition coefficient (Wildman–Crippen LogP) is 3.41. The van der Waals surface area contributed by atoms with Crippen molar-refractivity contribution in [3.63, 3.8) is 0 Å². The number of carbonyl (C=O) groups is 1. The highest BCUT2D eigenvalue weighted by Crippen LogP contribution is 2.32. The van der Waals surface area contributed by atoms with Gasteiger partial charge in [-0.15, -0.1) is 0 Å². The first-order valence-corrected chi connectivity index (χ1v) is 8.09. The van der Waals surface area contributed by atoms with Crippen molar-refractivity contribution in [2.75, 3.05) is 0 Å². The van der Waals surface area contributed by atoms with Crippen molar-refractivity contribution >= 4 is 5.91 Å². The molecule has 25 heavy (non-hydrogen) atoms. The van der Waals surface area contributed by atoms with E-state index in [4.69, 9.17) is 5.26 Å². The lowest BCUT2D eigenvalue weighted by atomic mass is 10.0. The summed E-state index contributed by atoms with van der Waals surface area (Å²) in [7, 11) is 0. The minimum atomic E-state index is -0.0718. The van der Waals surface area contributed by atoms with Crippen LogP contribution in [0.25, 0.3) is 11.3 Å². The van der Waals surface area contributed by atoms with Crippen molar-refractivity contribution in [1.82, 2.24) is 15.1 Å². The number of carbonyl (C=O) groups excluding carboxylic acids is 1. The first-order chi connectivity index (χ1) is 12.2. The predicted molar refractivity (Wildman–Crippen MR) is 93.5 cm³/mol. The van der Waals surface area contributed by atoms with Gasteiger partial charge in [0.05, 0.1) is 36.1 Å². The minimum Gasteiger partial charge on any atom is -0.328 e. The number of aromatic nitrogens is 2. The Balaban J connectivity index is 1.63. The SMILES string of the molecule is Cc1ccccc1-c1n[nH]c2c1CN(C(=O)c1cccc(C#N)c1)C2. The van der Waals surface area contributed by atoms with E-state index in [0.717, 1.165) is 28.1 Å². The second-order valence-electron chi connectivity index (χ2n) is 6.20. The molecule has 1 amide bonds. The number of H-pyrrole nitrogens is 1. The lowest BCUT2D eigenvalue weighted by Crippen LogP contribution is -2.25. The number of aryl methyl sites for hydroxylation is 1. The number of hydrogen-bond donors (Lipinski definition) is 1. The zero-order valence-corrected chi connectivity index (χ0v) is 13.8. The molecule has 3 aromatic rings. The molecule has 2 aromatic carbocycles. The zero-order chi connectivity index (χ0) is 17.4. The standard InChI is InChI=1S/C20H16N4O/c1-13-5-2-3-8-16(13)19-17-11-24(12-18(17)22-23-19)20(25)15-7-4-6-14(9-15)10-21/h2-9H,11-12H2,1H3,(H,22,23). The van der Waals surface area contributed by atoms with Crippen molar-refractivity contribution in [2.24, 2.45) is 0 Å². The summed E-state index contributed by atoms with van der Waals surface area (Å²) < 4.78 is 0. The maximum atomic E-state index is 12.8. The van der Waals surface area contributed by atoms with Gasteiger partial charge >= 0.3 is 0 Å². The number of aromatic amines is 1. The molecule has 0 atom stereocenters. The van der Waals surface area contributed by atoms with Crippen LogP contribution >= 0.6 is 0 Å². The van der Waals surface area contributed by atoms with E-state index in [1.165, 1.54) is 0 Å². The first-order valence-electron chi connectivity index (χ1n) is 8.09. The van der Waals surface area contributed by atoms with E-state index < -0.39 is 0 Å². The van der Waals surface area contributed by atoms with Gasteiger partial charge in [0.25, 0.3) is 5.91 Å². The molecule has 0 unspecified atom stereocenters. The van der Waals surface area contributed by atoms with Gasteiger partial charge in [0, 0.05) is 16.7 Å². The van der Waals surface area contributed by atoms with Crippen LogP contribution in [-0.2, 0) is 13.1 Å². The average Bonchev–Trinajstić information content (AvgIpc) is 3.22. The van der Waals surface area contributed by atoms with Crippen LogP contribution in [0.5, 0.6) is 0 Å². The molecule has 4 rings (SSSR count). The molecular weight excluding hydrogens is 312 g/mol. The third kappa shape index (κ3) is 2.58. The molecule has 0 saturated carbocycles. The fourth-order valence-corrected chi connectivity index (χ4v) is 3.25. The Labute approximate surface area is 145 Å². The Morgan fingerprint density at radius 1 is 1.20 bits per heavy atom. The van der Waals surface area contributed by atoms with Crippen molar-refractivity contribution < 1.29 is 4.79 Å². The van der Waals surface area contributed by atoms with E-state index in [-0.39, 0.29) is 5.91 Å². The first kappa shape index (κ1) is 15.2. The van der Waals surface area contributed by atoms with Gasteiger partial charge in [0.15, 0.2) is 0 Å². The molecule has 1 aliphatic heterocycles. The molecule has 122 valence electrons. The van der Waals surface area contributed by atoms with Gasteiger partial charge in [-0.05, 0) is 30.7 Å². The maximum Gasteiger partial charge on any atom is 0.254 e. The largest absolute Gasteiger partial charge is 0.328 e. The molecule has 0 radical (unpaired) electrons. The summed E-state index contributed by atoms with van der Waals surface area (Å²) in [5.74, 6) is -0.0718. The lowest BCUT2D eigenvalue weighted by molar-refractivity contribution is 0.0749. The normalized spacial score (nSPS) is 12.7. The van der Waals surface area contributed by atoms with Crippen LogP contribution in [0.1, 0.15) is 32.7 Å². The summed E-state index contributed by atoms with van der Waals surface area (Å²) in [6.45, 7) is 3.08. The minimum absolute atomic E-state index is 0.0718. The van der Waals surface area contributed by atoms with Gasteiger partial charge < -0.3 is 4.90 Å². The highest BCUT2D eigenvalue weighted by Gasteiger charge is 2.29. The average molecular weight is 328 g/mol. The van der Waals surface area contributed by atoms with Gasteiger partial charge in [0.1, 0.15) is 0 Å². The number of benzene rings is 2. The Bertz CT molecular complexity index is 1010. The highest BCUT2D eigenvalue weighted by molar-refractivity contribution is 5.95. The molecule has 5 heteroatoms. The molecule has 0 bridgehead atoms. The lowest BCUT2D eigenvalue weighted by Gasteiger charge is -2.16. The van der Waals surface area contributed by atoms with Gasteiger partial charge in [-0.25, -0.2) is 0 Å². The number of hydrogen-bond acceptors (Lipinski definition) is 3. The van der Waals surface area contributed by atoms with Crippen LogP contribution in [0.4, 0.5) is 0 Å². The van der Waals surface area contributed by atoms with E-state index in [0.29, 0.717) is 24.2 Å². The fourth-order valence-electron chi connectivity index (χ4n) is 3.25. The number of nitrogens with one attached hydrogen (secondary N) is 1. The summed E-state index contributed by atoms with van der Waals surface area (Å²) in [5.41, 5.74) is 6.22. The van der Waals surface area contributed by atoms with Gasteiger partial charge in [-0.3, -0.25) is 9.89 Å². The van der Waals surface area contributed by atoms with Crippen LogP contribution in [0.2, 0.25) is 0 Å². The van der Waals surface area contributed by atoms with Gasteiger partial charge in [0.2, 0.25) is 0 Å². The number of nitrogens with zero attached hydrogens (tertiary/aromatic N) is 3. The van der Waals surface area contributed by atoms with Gasteiger partial charge in [-0.1, -0.05) is 30.3 Å². The van der Waals surface area contributed by atoms with E-state index in [1.54, 1.807) is 29.2 Å². The Hall–Kier alpha value is -3.39. The molecule has 5 nitrogen and oxygen atoms in total. The maximum absolute atomic E-state index is 12.8. The van der Waals surface area contributed by atoms with Crippen LogP contribution in [0, 0.1) is 18.3 Å². The van der Waals surface area contributed by atoms with Crippen LogP contribution in [-0.4, -0.2) is 21.0 Å². The van der Waals surface area contributed by atoms with Crippen molar-refractivity contribution in [2.45, 2.75) is 20.0 Å². The molecule has 0 saturated heterocycles. The highest BCUT2D eigenvalue weighted by atomic mass is 16.2. The van der Waals surface area contributed by atoms with E-state index >= 15 is 0 Å². The number of nitriles is 1. The van der Waals surface area contributed by atoms with E-state index in [9.17, 15) is 4.79 Å². The fraction of sp³-hybridized carbons (Fsp3) is 0.150. The van der Waals surface area contributed by atoms with Crippen LogP contribution in [0.15, 0.2) is 48.5 Å². The summed E-state index contributed by atoms with van der Waals surface area (Å²) in [5, 5.41) is 16.5. The molecule has 1 N–H and O–H groups in total. The van der Waals surface area contributed by atoms with Crippen molar-refractivity contribution in [1.29, 1.82) is 5.26 Å². The van der Waals surface area contributed by atoms with Crippen molar-refractivity contribution in [3.05, 3.63) is 76.5 Å². The summed E-state index contributed by atoms with van der Waals surface area (Å²) in [6.07, 6.45) is 0.